The minimum absolute atomic E-state index is 0.00953. The maximum Gasteiger partial charge on any atom is 0.231 e. The number of nitrogens with one attached hydrogen (secondary N) is 1. The summed E-state index contributed by atoms with van der Waals surface area (Å²) >= 11 is 0. The zero-order chi connectivity index (χ0) is 23.7. The fourth-order valence-corrected chi connectivity index (χ4v) is 4.26. The SMILES string of the molecule is COc1cc(-n2cnc(Nc3nc(N4CCC[C@@H]4CO)c4occc4n3)c2)cc(OC)c1OC. The van der Waals surface area contributed by atoms with Crippen molar-refractivity contribution in [1.29, 1.82) is 0 Å². The van der Waals surface area contributed by atoms with E-state index < -0.39 is 0 Å². The van der Waals surface area contributed by atoms with Crippen LogP contribution < -0.4 is 24.4 Å². The van der Waals surface area contributed by atoms with Crippen LogP contribution in [0, 0.1) is 0 Å². The molecule has 0 bridgehead atoms. The highest BCUT2D eigenvalue weighted by molar-refractivity contribution is 5.86. The molecule has 1 aliphatic heterocycles. The first kappa shape index (κ1) is 21.8. The number of hydrogen-bond donors (Lipinski definition) is 2. The highest BCUT2D eigenvalue weighted by Crippen LogP contribution is 2.39. The van der Waals surface area contributed by atoms with Crippen LogP contribution >= 0.6 is 0 Å². The maximum atomic E-state index is 9.77. The highest BCUT2D eigenvalue weighted by atomic mass is 16.5. The average molecular weight is 466 g/mol. The third-order valence-electron chi connectivity index (χ3n) is 5.92. The van der Waals surface area contributed by atoms with Gasteiger partial charge in [-0.25, -0.2) is 9.97 Å². The summed E-state index contributed by atoms with van der Waals surface area (Å²) in [6.07, 6.45) is 6.97. The first-order valence-electron chi connectivity index (χ1n) is 10.9. The number of aliphatic hydroxyl groups excluding tert-OH is 1. The quantitative estimate of drug-likeness (QED) is 0.401. The molecule has 2 N–H and O–H groups in total. The number of aliphatic hydroxyl groups is 1. The van der Waals surface area contributed by atoms with E-state index in [0.717, 1.165) is 25.1 Å². The number of anilines is 3. The van der Waals surface area contributed by atoms with Crippen molar-refractivity contribution in [2.24, 2.45) is 0 Å². The molecular weight excluding hydrogens is 440 g/mol. The van der Waals surface area contributed by atoms with Crippen LogP contribution in [0.4, 0.5) is 17.6 Å². The Morgan fingerprint density at radius 1 is 1.15 bits per heavy atom. The lowest BCUT2D eigenvalue weighted by Gasteiger charge is -2.24. The molecule has 178 valence electrons. The van der Waals surface area contributed by atoms with E-state index in [1.807, 2.05) is 22.9 Å². The molecular formula is C23H26N6O5. The topological polar surface area (TPSA) is 120 Å². The van der Waals surface area contributed by atoms with E-state index >= 15 is 0 Å². The standard InChI is InChI=1S/C23H26N6O5/c1-31-17-9-15(10-18(32-2)21(17)33-3)28-11-19(24-13-28)26-23-25-16-6-8-34-20(16)22(27-23)29-7-4-5-14(29)12-30/h6,8-11,13-14,30H,4-5,7,12H2,1-3H3,(H,25,26,27)/t14-/m1/s1. The Hall–Kier alpha value is -3.99. The van der Waals surface area contributed by atoms with Crippen LogP contribution in [0.25, 0.3) is 16.8 Å². The zero-order valence-electron chi connectivity index (χ0n) is 19.2. The molecule has 0 unspecified atom stereocenters. The number of nitrogens with zero attached hydrogens (tertiary/aromatic N) is 5. The lowest BCUT2D eigenvalue weighted by Crippen LogP contribution is -2.33. The van der Waals surface area contributed by atoms with E-state index in [1.165, 1.54) is 0 Å². The zero-order valence-corrected chi connectivity index (χ0v) is 19.2. The van der Waals surface area contributed by atoms with Gasteiger partial charge in [0.1, 0.15) is 11.8 Å². The van der Waals surface area contributed by atoms with Gasteiger partial charge in [0.05, 0.1) is 52.1 Å². The fourth-order valence-electron chi connectivity index (χ4n) is 4.26. The second-order valence-electron chi connectivity index (χ2n) is 7.85. The van der Waals surface area contributed by atoms with Gasteiger partial charge in [0, 0.05) is 24.7 Å². The van der Waals surface area contributed by atoms with Gasteiger partial charge in [-0.15, -0.1) is 0 Å². The number of hydrogen-bond acceptors (Lipinski definition) is 10. The van der Waals surface area contributed by atoms with E-state index in [4.69, 9.17) is 23.6 Å². The molecule has 1 atom stereocenters. The predicted octanol–water partition coefficient (Wildman–Crippen LogP) is 3.14. The van der Waals surface area contributed by atoms with E-state index in [2.05, 4.69) is 20.2 Å². The van der Waals surface area contributed by atoms with Gasteiger partial charge in [0.25, 0.3) is 0 Å². The summed E-state index contributed by atoms with van der Waals surface area (Å²) in [5.41, 5.74) is 2.07. The van der Waals surface area contributed by atoms with Gasteiger partial charge in [0.15, 0.2) is 28.7 Å². The summed E-state index contributed by atoms with van der Waals surface area (Å²) in [6.45, 7) is 0.863. The molecule has 11 nitrogen and oxygen atoms in total. The Labute approximate surface area is 195 Å². The van der Waals surface area contributed by atoms with Crippen molar-refractivity contribution in [3.8, 4) is 22.9 Å². The second-order valence-corrected chi connectivity index (χ2v) is 7.85. The van der Waals surface area contributed by atoms with E-state index in [0.29, 0.717) is 45.9 Å². The van der Waals surface area contributed by atoms with Crippen molar-refractivity contribution in [1.82, 2.24) is 19.5 Å². The van der Waals surface area contributed by atoms with Crippen molar-refractivity contribution < 1.29 is 23.7 Å². The number of ether oxygens (including phenoxy) is 3. The molecule has 0 aliphatic carbocycles. The summed E-state index contributed by atoms with van der Waals surface area (Å²) in [5.74, 6) is 3.22. The Bertz CT molecular complexity index is 1280. The molecule has 4 aromatic rings. The average Bonchev–Trinajstić information content (AvgIpc) is 3.63. The van der Waals surface area contributed by atoms with Crippen LogP contribution in [0.1, 0.15) is 12.8 Å². The molecule has 11 heteroatoms. The Kier molecular flexibility index (Phi) is 5.84. The molecule has 1 fully saturated rings. The van der Waals surface area contributed by atoms with Gasteiger partial charge in [-0.2, -0.15) is 4.98 Å². The normalized spacial score (nSPS) is 15.6. The van der Waals surface area contributed by atoms with Gasteiger partial charge in [-0.05, 0) is 12.8 Å². The van der Waals surface area contributed by atoms with Crippen molar-refractivity contribution in [3.05, 3.63) is 37.0 Å². The molecule has 34 heavy (non-hydrogen) atoms. The largest absolute Gasteiger partial charge is 0.493 e. The maximum absolute atomic E-state index is 9.77. The molecule has 1 aromatic carbocycles. The van der Waals surface area contributed by atoms with Crippen LogP contribution in [0.5, 0.6) is 17.2 Å². The monoisotopic (exact) mass is 466 g/mol. The molecule has 0 spiro atoms. The number of furan rings is 1. The van der Waals surface area contributed by atoms with Gasteiger partial charge in [-0.3, -0.25) is 0 Å². The van der Waals surface area contributed by atoms with Gasteiger partial charge < -0.3 is 38.5 Å². The highest BCUT2D eigenvalue weighted by Gasteiger charge is 2.28. The number of benzene rings is 1. The molecule has 3 aromatic heterocycles. The molecule has 0 radical (unpaired) electrons. The van der Waals surface area contributed by atoms with Crippen LogP contribution in [-0.4, -0.2) is 65.1 Å². The first-order chi connectivity index (χ1) is 16.6. The van der Waals surface area contributed by atoms with Gasteiger partial charge in [0.2, 0.25) is 11.7 Å². The third kappa shape index (κ3) is 3.83. The minimum Gasteiger partial charge on any atom is -0.493 e. The summed E-state index contributed by atoms with van der Waals surface area (Å²) in [6, 6.07) is 5.47. The summed E-state index contributed by atoms with van der Waals surface area (Å²) < 4.78 is 23.8. The van der Waals surface area contributed by atoms with Crippen molar-refractivity contribution in [2.45, 2.75) is 18.9 Å². The van der Waals surface area contributed by atoms with Crippen LogP contribution in [0.2, 0.25) is 0 Å². The molecule has 1 aliphatic rings. The van der Waals surface area contributed by atoms with Crippen LogP contribution in [0.3, 0.4) is 0 Å². The van der Waals surface area contributed by atoms with Gasteiger partial charge in [-0.1, -0.05) is 0 Å². The Morgan fingerprint density at radius 3 is 2.65 bits per heavy atom. The smallest absolute Gasteiger partial charge is 0.231 e. The van der Waals surface area contributed by atoms with E-state index in [-0.39, 0.29) is 12.6 Å². The van der Waals surface area contributed by atoms with Gasteiger partial charge >= 0.3 is 0 Å². The number of aromatic nitrogens is 4. The first-order valence-corrected chi connectivity index (χ1v) is 10.9. The molecule has 4 heterocycles. The van der Waals surface area contributed by atoms with Crippen LogP contribution in [-0.2, 0) is 0 Å². The van der Waals surface area contributed by atoms with E-state index in [9.17, 15) is 5.11 Å². The number of fused-ring (bicyclic) bond motifs is 1. The lowest BCUT2D eigenvalue weighted by atomic mass is 10.2. The summed E-state index contributed by atoms with van der Waals surface area (Å²) in [4.78, 5) is 15.8. The number of rotatable bonds is 8. The second kappa shape index (κ2) is 9.10. The number of imidazole rings is 1. The van der Waals surface area contributed by atoms with Crippen LogP contribution in [0.15, 0.2) is 41.4 Å². The molecule has 1 saturated heterocycles. The third-order valence-corrected chi connectivity index (χ3v) is 5.92. The van der Waals surface area contributed by atoms with Crippen molar-refractivity contribution in [2.75, 3.05) is 44.7 Å². The number of methoxy groups -OCH3 is 3. The Morgan fingerprint density at radius 2 is 1.94 bits per heavy atom. The molecule has 0 amide bonds. The predicted molar refractivity (Wildman–Crippen MR) is 126 cm³/mol. The summed E-state index contributed by atoms with van der Waals surface area (Å²) in [7, 11) is 4.71. The molecule has 0 saturated carbocycles. The lowest BCUT2D eigenvalue weighted by molar-refractivity contribution is 0.266. The van der Waals surface area contributed by atoms with Crippen molar-refractivity contribution >= 4 is 28.7 Å². The minimum atomic E-state index is 0.00953. The fraction of sp³-hybridized carbons (Fsp3) is 0.348. The molecule has 5 rings (SSSR count). The van der Waals surface area contributed by atoms with E-state index in [1.54, 1.807) is 40.0 Å². The summed E-state index contributed by atoms with van der Waals surface area (Å²) in [5, 5.41) is 13.0. The van der Waals surface area contributed by atoms with Crippen molar-refractivity contribution in [3.63, 3.8) is 0 Å². The Balaban J connectivity index is 1.46.